The minimum absolute atomic E-state index is 0.765. The molecule has 9 aromatic carbocycles. The van der Waals surface area contributed by atoms with Crippen molar-refractivity contribution in [2.45, 2.75) is 0 Å². The van der Waals surface area contributed by atoms with E-state index in [-0.39, 0.29) is 0 Å². The van der Waals surface area contributed by atoms with Crippen LogP contribution in [0.3, 0.4) is 0 Å². The van der Waals surface area contributed by atoms with Gasteiger partial charge in [0.05, 0.1) is 16.7 Å². The third-order valence-electron chi connectivity index (χ3n) is 11.7. The van der Waals surface area contributed by atoms with E-state index in [1.54, 1.807) is 0 Å². The molecule has 0 bridgehead atoms. The molecule has 0 fully saturated rings. The lowest BCUT2D eigenvalue weighted by atomic mass is 9.91. The van der Waals surface area contributed by atoms with Crippen LogP contribution < -0.4 is 14.6 Å². The number of benzene rings is 9. The van der Waals surface area contributed by atoms with Gasteiger partial charge >= 0.3 is 7.44 Å². The van der Waals surface area contributed by atoms with Crippen LogP contribution in [0.5, 0.6) is 0 Å². The van der Waals surface area contributed by atoms with Gasteiger partial charge in [0.15, 0.2) is 0 Å². The highest BCUT2D eigenvalue weighted by atomic mass is 31.2. The van der Waals surface area contributed by atoms with Crippen molar-refractivity contribution >= 4 is 68.2 Å². The summed E-state index contributed by atoms with van der Waals surface area (Å²) in [5, 5.41) is 5.47. The van der Waals surface area contributed by atoms with Gasteiger partial charge in [-0.2, -0.15) is 0 Å². The van der Waals surface area contributed by atoms with Gasteiger partial charge in [-0.05, 0) is 122 Å². The van der Waals surface area contributed by atoms with E-state index in [9.17, 15) is 0 Å². The minimum atomic E-state index is -3.47. The first-order valence-corrected chi connectivity index (χ1v) is 20.9. The number of rotatable bonds is 5. The fourth-order valence-electron chi connectivity index (χ4n) is 9.29. The molecule has 12 rings (SSSR count). The third-order valence-corrected chi connectivity index (χ3v) is 14.7. The van der Waals surface area contributed by atoms with Crippen LogP contribution in [-0.2, 0) is 4.57 Å². The standard InChI is InChI=1S/C52H33N2O2P/c55-57(38-18-8-3-9-19-38)53(36-14-4-1-5-15-36)47-30-26-35(33-48(47)54(57)37-16-6-2-7-17-37)34-27-31-49-46(32-34)52-44(24-13-25-50(52)56-49)41-28-29-45-40-21-11-10-20-39(40)42-22-12-23-43(41)51(42)45/h1-33H. The van der Waals surface area contributed by atoms with Crippen LogP contribution in [0.25, 0.3) is 77.2 Å². The molecule has 268 valence electrons. The van der Waals surface area contributed by atoms with Gasteiger partial charge in [-0.25, -0.2) is 0 Å². The van der Waals surface area contributed by atoms with Gasteiger partial charge in [-0.1, -0.05) is 133 Å². The van der Waals surface area contributed by atoms with Crippen LogP contribution in [0.15, 0.2) is 205 Å². The van der Waals surface area contributed by atoms with Crippen molar-refractivity contribution in [1.82, 2.24) is 0 Å². The summed E-state index contributed by atoms with van der Waals surface area (Å²) in [5.74, 6) is 0. The Labute approximate surface area is 330 Å². The summed E-state index contributed by atoms with van der Waals surface area (Å²) in [4.78, 5) is 0. The Hall–Kier alpha value is -7.13. The van der Waals surface area contributed by atoms with Gasteiger partial charge in [0.1, 0.15) is 11.2 Å². The van der Waals surface area contributed by atoms with Crippen LogP contribution in [0.2, 0.25) is 0 Å². The molecule has 0 saturated heterocycles. The largest absolute Gasteiger partial charge is 0.456 e. The summed E-state index contributed by atoms with van der Waals surface area (Å²) in [6.07, 6.45) is 0. The second kappa shape index (κ2) is 12.2. The first kappa shape index (κ1) is 32.1. The molecule has 10 aromatic rings. The van der Waals surface area contributed by atoms with Crippen molar-refractivity contribution in [2.24, 2.45) is 0 Å². The molecule has 2 heterocycles. The average molecular weight is 749 g/mol. The molecule has 1 aromatic heterocycles. The molecule has 1 unspecified atom stereocenters. The molecule has 1 aliphatic carbocycles. The lowest BCUT2D eigenvalue weighted by Crippen LogP contribution is -2.26. The van der Waals surface area contributed by atoms with Gasteiger partial charge in [0, 0.05) is 22.1 Å². The Bertz CT molecular complexity index is 3260. The highest BCUT2D eigenvalue weighted by Crippen LogP contribution is 2.70. The smallest absolute Gasteiger partial charge is 0.301 e. The van der Waals surface area contributed by atoms with E-state index in [1.165, 1.54) is 38.6 Å². The second-order valence-corrected chi connectivity index (χ2v) is 17.2. The molecule has 5 heteroatoms. The summed E-state index contributed by atoms with van der Waals surface area (Å²) >= 11 is 0. The highest BCUT2D eigenvalue weighted by molar-refractivity contribution is 7.76. The van der Waals surface area contributed by atoms with Crippen molar-refractivity contribution in [3.8, 4) is 44.5 Å². The fourth-order valence-corrected chi connectivity index (χ4v) is 12.3. The van der Waals surface area contributed by atoms with Crippen LogP contribution in [0.4, 0.5) is 22.7 Å². The van der Waals surface area contributed by atoms with E-state index in [4.69, 9.17) is 4.42 Å². The zero-order valence-corrected chi connectivity index (χ0v) is 31.6. The lowest BCUT2D eigenvalue weighted by Gasteiger charge is -2.33. The van der Waals surface area contributed by atoms with E-state index < -0.39 is 7.44 Å². The number of hydrogen-bond donors (Lipinski definition) is 0. The molecular weight excluding hydrogens is 716 g/mol. The maximum Gasteiger partial charge on any atom is 0.301 e. The second-order valence-electron chi connectivity index (χ2n) is 14.8. The van der Waals surface area contributed by atoms with Gasteiger partial charge in [-0.3, -0.25) is 13.9 Å². The predicted octanol–water partition coefficient (Wildman–Crippen LogP) is 14.5. The molecule has 2 aliphatic rings. The molecule has 0 N–H and O–H groups in total. The monoisotopic (exact) mass is 748 g/mol. The molecule has 57 heavy (non-hydrogen) atoms. The number of hydrogen-bond acceptors (Lipinski definition) is 2. The van der Waals surface area contributed by atoms with E-state index in [2.05, 4.69) is 114 Å². The molecule has 0 saturated carbocycles. The summed E-state index contributed by atoms with van der Waals surface area (Å²) in [6, 6.07) is 69.4. The normalized spacial score (nSPS) is 15.4. The van der Waals surface area contributed by atoms with Gasteiger partial charge in [0.25, 0.3) is 0 Å². The van der Waals surface area contributed by atoms with E-state index in [1.807, 2.05) is 95.7 Å². The quantitative estimate of drug-likeness (QED) is 0.164. The van der Waals surface area contributed by atoms with Gasteiger partial charge < -0.3 is 4.42 Å². The maximum atomic E-state index is 16.1. The van der Waals surface area contributed by atoms with Crippen molar-refractivity contribution in [3.63, 3.8) is 0 Å². The SMILES string of the molecule is O=P1(c2ccccc2)N(c2ccccc2)c2ccc(-c3ccc4oc5cccc(-c6ccc7c8c(cccc68)-c6ccccc6-7)c5c4c3)cc2N1c1ccccc1. The van der Waals surface area contributed by atoms with Crippen LogP contribution >= 0.6 is 7.44 Å². The molecule has 1 aliphatic heterocycles. The number of para-hydroxylation sites is 2. The van der Waals surface area contributed by atoms with Crippen molar-refractivity contribution in [1.29, 1.82) is 0 Å². The summed E-state index contributed by atoms with van der Waals surface area (Å²) in [5.41, 5.74) is 14.8. The first-order valence-electron chi connectivity index (χ1n) is 19.3. The molecule has 1 atom stereocenters. The van der Waals surface area contributed by atoms with Crippen LogP contribution in [0.1, 0.15) is 0 Å². The van der Waals surface area contributed by atoms with Crippen molar-refractivity contribution in [3.05, 3.63) is 200 Å². The number of fused-ring (bicyclic) bond motifs is 7. The Morgan fingerprint density at radius 3 is 1.63 bits per heavy atom. The maximum absolute atomic E-state index is 16.1. The van der Waals surface area contributed by atoms with Crippen molar-refractivity contribution < 1.29 is 8.98 Å². The van der Waals surface area contributed by atoms with E-state index in [0.717, 1.165) is 66.7 Å². The predicted molar refractivity (Wildman–Crippen MR) is 237 cm³/mol. The highest BCUT2D eigenvalue weighted by Gasteiger charge is 2.49. The summed E-state index contributed by atoms with van der Waals surface area (Å²) < 4.78 is 26.8. The van der Waals surface area contributed by atoms with Crippen LogP contribution in [-0.4, -0.2) is 0 Å². The van der Waals surface area contributed by atoms with Crippen molar-refractivity contribution in [2.75, 3.05) is 9.34 Å². The minimum Gasteiger partial charge on any atom is -0.456 e. The summed E-state index contributed by atoms with van der Waals surface area (Å²) in [6.45, 7) is 0. The van der Waals surface area contributed by atoms with Crippen LogP contribution in [0, 0.1) is 0 Å². The number of nitrogens with zero attached hydrogens (tertiary/aromatic N) is 2. The Morgan fingerprint density at radius 1 is 0.368 bits per heavy atom. The van der Waals surface area contributed by atoms with E-state index >= 15 is 4.57 Å². The zero-order chi connectivity index (χ0) is 37.7. The average Bonchev–Trinajstić information content (AvgIpc) is 3.91. The summed E-state index contributed by atoms with van der Waals surface area (Å²) in [7, 11) is -3.47. The Morgan fingerprint density at radius 2 is 0.912 bits per heavy atom. The fraction of sp³-hybridized carbons (Fsp3) is 0. The number of anilines is 4. The van der Waals surface area contributed by atoms with E-state index in [0.29, 0.717) is 0 Å². The molecular formula is C52H33N2O2P. The van der Waals surface area contributed by atoms with Gasteiger partial charge in [0.2, 0.25) is 0 Å². The Balaban J connectivity index is 1.05. The topological polar surface area (TPSA) is 36.7 Å². The number of furan rings is 1. The molecule has 0 radical (unpaired) electrons. The van der Waals surface area contributed by atoms with Gasteiger partial charge in [-0.15, -0.1) is 0 Å². The first-order chi connectivity index (χ1) is 28.2. The third kappa shape index (κ3) is 4.59. The Kier molecular flexibility index (Phi) is 6.87. The lowest BCUT2D eigenvalue weighted by molar-refractivity contribution is 0.582. The molecule has 0 amide bonds. The molecule has 4 nitrogen and oxygen atoms in total. The zero-order valence-electron chi connectivity index (χ0n) is 30.7. The molecule has 0 spiro atoms.